The summed E-state index contributed by atoms with van der Waals surface area (Å²) >= 11 is 3.30. The first kappa shape index (κ1) is 18.0. The van der Waals surface area contributed by atoms with Crippen LogP contribution in [0.2, 0.25) is 0 Å². The number of aromatic nitrogens is 2. The largest absolute Gasteiger partial charge is 0.480 e. The zero-order valence-electron chi connectivity index (χ0n) is 13.9. The molecule has 1 atom stereocenters. The third-order valence-corrected chi connectivity index (χ3v) is 5.36. The Morgan fingerprint density at radius 1 is 1.43 bits per heavy atom. The summed E-state index contributed by atoms with van der Waals surface area (Å²) in [5.41, 5.74) is 0. The highest BCUT2D eigenvalue weighted by Crippen LogP contribution is 2.31. The van der Waals surface area contributed by atoms with Crippen LogP contribution in [0.3, 0.4) is 0 Å². The van der Waals surface area contributed by atoms with Gasteiger partial charge in [0.1, 0.15) is 22.5 Å². The molecule has 2 aromatic heterocycles. The molecular formula is C16H23N3O2S2. The van der Waals surface area contributed by atoms with E-state index in [1.807, 2.05) is 20.1 Å². The molecule has 2 rings (SSSR count). The Bertz CT molecular complexity index is 685. The standard InChI is InChI=1S/C16H23N3O2S2/c1-5-10-8-11-14(17-12(16(20)21)6-7-22-4)18-13(9(2)3)19-15(11)23-10/h8-9,12H,5-7H2,1-4H3,(H,20,21)(H,17,18,19)/t12-/m0/s1. The van der Waals surface area contributed by atoms with Crippen molar-refractivity contribution >= 4 is 45.1 Å². The number of hydrogen-bond donors (Lipinski definition) is 2. The van der Waals surface area contributed by atoms with E-state index in [2.05, 4.69) is 28.3 Å². The number of nitrogens with one attached hydrogen (secondary N) is 1. The lowest BCUT2D eigenvalue weighted by Crippen LogP contribution is -2.30. The van der Waals surface area contributed by atoms with E-state index < -0.39 is 12.0 Å². The predicted octanol–water partition coefficient (Wildman–Crippen LogP) is 4.00. The molecule has 2 heterocycles. The fourth-order valence-electron chi connectivity index (χ4n) is 2.19. The smallest absolute Gasteiger partial charge is 0.326 e. The molecule has 0 radical (unpaired) electrons. The van der Waals surface area contributed by atoms with E-state index in [-0.39, 0.29) is 5.92 Å². The molecule has 0 saturated carbocycles. The van der Waals surface area contributed by atoms with Crippen molar-refractivity contribution in [3.63, 3.8) is 0 Å². The van der Waals surface area contributed by atoms with Crippen LogP contribution in [0.25, 0.3) is 10.2 Å². The summed E-state index contributed by atoms with van der Waals surface area (Å²) in [6.45, 7) is 6.19. The number of carbonyl (C=O) groups is 1. The minimum Gasteiger partial charge on any atom is -0.480 e. The number of thioether (sulfide) groups is 1. The van der Waals surface area contributed by atoms with Gasteiger partial charge in [0.2, 0.25) is 0 Å². The van der Waals surface area contributed by atoms with Gasteiger partial charge >= 0.3 is 5.97 Å². The van der Waals surface area contributed by atoms with Gasteiger partial charge in [0.15, 0.2) is 0 Å². The van der Waals surface area contributed by atoms with E-state index in [1.165, 1.54) is 4.88 Å². The van der Waals surface area contributed by atoms with Crippen molar-refractivity contribution in [1.29, 1.82) is 0 Å². The van der Waals surface area contributed by atoms with Crippen LogP contribution in [-0.4, -0.2) is 39.1 Å². The van der Waals surface area contributed by atoms with E-state index in [0.717, 1.165) is 28.2 Å². The Hall–Kier alpha value is -1.34. The number of anilines is 1. The fourth-order valence-corrected chi connectivity index (χ4v) is 3.63. The molecule has 23 heavy (non-hydrogen) atoms. The average Bonchev–Trinajstić information content (AvgIpc) is 2.94. The molecule has 0 spiro atoms. The molecule has 0 fully saturated rings. The van der Waals surface area contributed by atoms with Crippen molar-refractivity contribution in [3.05, 3.63) is 16.8 Å². The van der Waals surface area contributed by atoms with Crippen LogP contribution in [0, 0.1) is 0 Å². The summed E-state index contributed by atoms with van der Waals surface area (Å²) in [4.78, 5) is 22.9. The molecule has 0 amide bonds. The zero-order chi connectivity index (χ0) is 17.0. The van der Waals surface area contributed by atoms with Crippen molar-refractivity contribution in [2.45, 2.75) is 45.6 Å². The van der Waals surface area contributed by atoms with E-state index >= 15 is 0 Å². The molecule has 2 aromatic rings. The Morgan fingerprint density at radius 2 is 2.17 bits per heavy atom. The third-order valence-electron chi connectivity index (χ3n) is 3.55. The highest BCUT2D eigenvalue weighted by atomic mass is 32.2. The molecule has 0 unspecified atom stereocenters. The maximum atomic E-state index is 11.5. The number of carboxylic acids is 1. The maximum Gasteiger partial charge on any atom is 0.326 e. The van der Waals surface area contributed by atoms with Crippen molar-refractivity contribution in [3.8, 4) is 0 Å². The minimum absolute atomic E-state index is 0.196. The first-order valence-corrected chi connectivity index (χ1v) is 9.95. The molecule has 126 valence electrons. The average molecular weight is 354 g/mol. The molecule has 5 nitrogen and oxygen atoms in total. The van der Waals surface area contributed by atoms with Gasteiger partial charge in [0, 0.05) is 10.8 Å². The van der Waals surface area contributed by atoms with Crippen LogP contribution in [0.4, 0.5) is 5.82 Å². The first-order chi connectivity index (χ1) is 11.0. The zero-order valence-corrected chi connectivity index (χ0v) is 15.6. The summed E-state index contributed by atoms with van der Waals surface area (Å²) < 4.78 is 0. The molecule has 0 aliphatic heterocycles. The summed E-state index contributed by atoms with van der Waals surface area (Å²) in [5, 5.41) is 13.5. The van der Waals surface area contributed by atoms with Crippen LogP contribution < -0.4 is 5.32 Å². The number of hydrogen-bond acceptors (Lipinski definition) is 6. The SMILES string of the molecule is CCc1cc2c(N[C@@H](CCSC)C(=O)O)nc(C(C)C)nc2s1. The number of aliphatic carboxylic acids is 1. The number of aryl methyl sites for hydroxylation is 1. The van der Waals surface area contributed by atoms with Crippen molar-refractivity contribution in [2.24, 2.45) is 0 Å². The summed E-state index contributed by atoms with van der Waals surface area (Å²) in [5.74, 6) is 1.53. The Balaban J connectivity index is 2.43. The van der Waals surface area contributed by atoms with Crippen molar-refractivity contribution in [2.75, 3.05) is 17.3 Å². The maximum absolute atomic E-state index is 11.5. The van der Waals surface area contributed by atoms with Crippen molar-refractivity contribution in [1.82, 2.24) is 9.97 Å². The lowest BCUT2D eigenvalue weighted by Gasteiger charge is -2.16. The van der Waals surface area contributed by atoms with Gasteiger partial charge in [-0.3, -0.25) is 0 Å². The molecular weight excluding hydrogens is 330 g/mol. The number of nitrogens with zero attached hydrogens (tertiary/aromatic N) is 2. The lowest BCUT2D eigenvalue weighted by atomic mass is 10.2. The predicted molar refractivity (Wildman–Crippen MR) is 98.9 cm³/mol. The van der Waals surface area contributed by atoms with Crippen LogP contribution in [0.1, 0.15) is 43.8 Å². The fraction of sp³-hybridized carbons (Fsp3) is 0.562. The van der Waals surface area contributed by atoms with Gasteiger partial charge in [-0.2, -0.15) is 11.8 Å². The number of thiophene rings is 1. The quantitative estimate of drug-likeness (QED) is 0.747. The van der Waals surface area contributed by atoms with Gasteiger partial charge in [-0.15, -0.1) is 11.3 Å². The molecule has 0 bridgehead atoms. The number of carboxylic acid groups (broad SMARTS) is 1. The van der Waals surface area contributed by atoms with Crippen LogP contribution in [0.5, 0.6) is 0 Å². The highest BCUT2D eigenvalue weighted by Gasteiger charge is 2.20. The van der Waals surface area contributed by atoms with Gasteiger partial charge in [0.25, 0.3) is 0 Å². The van der Waals surface area contributed by atoms with Gasteiger partial charge in [-0.05, 0) is 30.9 Å². The molecule has 0 saturated heterocycles. The molecule has 0 aliphatic carbocycles. The molecule has 0 aromatic carbocycles. The molecule has 0 aliphatic rings. The highest BCUT2D eigenvalue weighted by molar-refractivity contribution is 7.98. The van der Waals surface area contributed by atoms with Gasteiger partial charge < -0.3 is 10.4 Å². The van der Waals surface area contributed by atoms with E-state index in [1.54, 1.807) is 23.1 Å². The first-order valence-electron chi connectivity index (χ1n) is 7.74. The summed E-state index contributed by atoms with van der Waals surface area (Å²) in [7, 11) is 0. The van der Waals surface area contributed by atoms with Crippen LogP contribution in [-0.2, 0) is 11.2 Å². The van der Waals surface area contributed by atoms with Crippen LogP contribution >= 0.6 is 23.1 Å². The van der Waals surface area contributed by atoms with Gasteiger partial charge in [-0.25, -0.2) is 14.8 Å². The number of rotatable bonds is 8. The lowest BCUT2D eigenvalue weighted by molar-refractivity contribution is -0.137. The van der Waals surface area contributed by atoms with Gasteiger partial charge in [-0.1, -0.05) is 20.8 Å². The number of fused-ring (bicyclic) bond motifs is 1. The second kappa shape index (κ2) is 7.97. The van der Waals surface area contributed by atoms with E-state index in [4.69, 9.17) is 0 Å². The Morgan fingerprint density at radius 3 is 2.74 bits per heavy atom. The topological polar surface area (TPSA) is 75.1 Å². The second-order valence-electron chi connectivity index (χ2n) is 5.69. The summed E-state index contributed by atoms with van der Waals surface area (Å²) in [6, 6.07) is 1.44. The monoisotopic (exact) mass is 353 g/mol. The minimum atomic E-state index is -0.845. The Kier molecular flexibility index (Phi) is 6.24. The Labute approximate surface area is 144 Å². The van der Waals surface area contributed by atoms with Crippen molar-refractivity contribution < 1.29 is 9.90 Å². The third kappa shape index (κ3) is 4.35. The van der Waals surface area contributed by atoms with E-state index in [9.17, 15) is 9.90 Å². The van der Waals surface area contributed by atoms with Gasteiger partial charge in [0.05, 0.1) is 5.39 Å². The second-order valence-corrected chi connectivity index (χ2v) is 7.79. The van der Waals surface area contributed by atoms with Crippen LogP contribution in [0.15, 0.2) is 6.07 Å². The molecule has 7 heteroatoms. The molecule has 2 N–H and O–H groups in total. The summed E-state index contributed by atoms with van der Waals surface area (Å²) in [6.07, 6.45) is 3.47. The normalized spacial score (nSPS) is 12.7. The van der Waals surface area contributed by atoms with E-state index in [0.29, 0.717) is 12.2 Å².